The first kappa shape index (κ1) is 16.4. The Labute approximate surface area is 152 Å². The Balaban J connectivity index is 1.80. The largest absolute Gasteiger partial charge is 0.354 e. The number of benzene rings is 2. The molecule has 128 valence electrons. The third kappa shape index (κ3) is 2.99. The second kappa shape index (κ2) is 6.66. The summed E-state index contributed by atoms with van der Waals surface area (Å²) in [6, 6.07) is 12.1. The van der Waals surface area contributed by atoms with Gasteiger partial charge in [-0.15, -0.1) is 0 Å². The molecule has 4 nitrogen and oxygen atoms in total. The van der Waals surface area contributed by atoms with E-state index in [1.807, 2.05) is 30.5 Å². The van der Waals surface area contributed by atoms with Crippen molar-refractivity contribution in [2.75, 3.05) is 33.2 Å². The number of hydrogen-bond acceptors (Lipinski definition) is 4. The van der Waals surface area contributed by atoms with Gasteiger partial charge in [-0.1, -0.05) is 35.9 Å². The minimum atomic E-state index is -0.0897. The molecule has 0 amide bonds. The van der Waals surface area contributed by atoms with Crippen molar-refractivity contribution >= 4 is 33.9 Å². The Morgan fingerprint density at radius 3 is 2.68 bits per heavy atom. The van der Waals surface area contributed by atoms with E-state index < -0.39 is 0 Å². The Kier molecular flexibility index (Phi) is 4.36. The summed E-state index contributed by atoms with van der Waals surface area (Å²) in [5, 5.41) is 6.08. The van der Waals surface area contributed by atoms with Crippen molar-refractivity contribution in [1.29, 1.82) is 0 Å². The van der Waals surface area contributed by atoms with E-state index in [4.69, 9.17) is 11.6 Å². The van der Waals surface area contributed by atoms with Crippen LogP contribution in [-0.2, 0) is 4.79 Å². The standard InChI is InChI=1S/C20H20ClN3O/c1-23-6-8-24(9-7-23)20-18(12-22-19(20)13-25)17-11-15(21)10-14-4-2-3-5-16(14)17/h2-5,10-12,20,22H,6-9H2,1H3. The minimum Gasteiger partial charge on any atom is -0.354 e. The molecule has 0 aromatic heterocycles. The molecule has 0 bridgehead atoms. The Bertz CT molecular complexity index is 893. The van der Waals surface area contributed by atoms with Crippen molar-refractivity contribution in [2.45, 2.75) is 6.04 Å². The molecule has 1 unspecified atom stereocenters. The van der Waals surface area contributed by atoms with Crippen molar-refractivity contribution in [1.82, 2.24) is 15.1 Å². The van der Waals surface area contributed by atoms with Crippen molar-refractivity contribution in [3.8, 4) is 0 Å². The summed E-state index contributed by atoms with van der Waals surface area (Å²) in [7, 11) is 2.13. The van der Waals surface area contributed by atoms with Crippen LogP contribution >= 0.6 is 11.6 Å². The Morgan fingerprint density at radius 2 is 1.92 bits per heavy atom. The average Bonchev–Trinajstić information content (AvgIpc) is 3.05. The highest BCUT2D eigenvalue weighted by atomic mass is 35.5. The van der Waals surface area contributed by atoms with Gasteiger partial charge in [0.2, 0.25) is 0 Å². The molecular weight excluding hydrogens is 334 g/mol. The predicted octanol–water partition coefficient (Wildman–Crippen LogP) is 2.77. The molecule has 2 aliphatic heterocycles. The number of rotatable bonds is 2. The molecule has 1 saturated heterocycles. The number of likely N-dealkylation sites (N-methyl/N-ethyl adjacent to an activating group) is 1. The zero-order valence-corrected chi connectivity index (χ0v) is 14.9. The summed E-state index contributed by atoms with van der Waals surface area (Å²) in [4.78, 5) is 16.2. The van der Waals surface area contributed by atoms with E-state index >= 15 is 0 Å². The van der Waals surface area contributed by atoms with E-state index in [0.717, 1.165) is 48.1 Å². The van der Waals surface area contributed by atoms with Gasteiger partial charge in [-0.3, -0.25) is 4.90 Å². The highest BCUT2D eigenvalue weighted by Crippen LogP contribution is 2.36. The van der Waals surface area contributed by atoms with Gasteiger partial charge in [0.05, 0.1) is 6.04 Å². The quantitative estimate of drug-likeness (QED) is 0.842. The number of piperazine rings is 1. The van der Waals surface area contributed by atoms with E-state index in [1.54, 1.807) is 0 Å². The Morgan fingerprint density at radius 1 is 1.16 bits per heavy atom. The van der Waals surface area contributed by atoms with Crippen molar-refractivity contribution in [3.05, 3.63) is 58.9 Å². The molecule has 1 atom stereocenters. The predicted molar refractivity (Wildman–Crippen MR) is 102 cm³/mol. The van der Waals surface area contributed by atoms with Crippen molar-refractivity contribution < 1.29 is 4.79 Å². The molecule has 1 fully saturated rings. The lowest BCUT2D eigenvalue weighted by Gasteiger charge is -2.37. The van der Waals surface area contributed by atoms with Crippen molar-refractivity contribution in [3.63, 3.8) is 0 Å². The number of nitrogens with one attached hydrogen (secondary N) is 1. The molecule has 5 heteroatoms. The maximum atomic E-state index is 11.5. The summed E-state index contributed by atoms with van der Waals surface area (Å²) in [6.07, 6.45) is 1.93. The lowest BCUT2D eigenvalue weighted by molar-refractivity contribution is 0.145. The van der Waals surface area contributed by atoms with Crippen LogP contribution in [0.2, 0.25) is 5.02 Å². The Hall–Kier alpha value is -2.10. The summed E-state index contributed by atoms with van der Waals surface area (Å²) < 4.78 is 0. The number of nitrogens with zero attached hydrogens (tertiary/aromatic N) is 2. The van der Waals surface area contributed by atoms with Crippen molar-refractivity contribution in [2.24, 2.45) is 0 Å². The fraction of sp³-hybridized carbons (Fsp3) is 0.300. The molecule has 0 radical (unpaired) electrons. The molecule has 0 aliphatic carbocycles. The van der Waals surface area contributed by atoms with Crippen LogP contribution in [0.15, 0.2) is 48.3 Å². The second-order valence-corrected chi connectivity index (χ2v) is 7.11. The molecular formula is C20H20ClN3O. The molecule has 2 aromatic rings. The topological polar surface area (TPSA) is 35.6 Å². The zero-order chi connectivity index (χ0) is 17.4. The molecule has 4 rings (SSSR count). The van der Waals surface area contributed by atoms with Gasteiger partial charge in [-0.05, 0) is 41.1 Å². The van der Waals surface area contributed by atoms with Crippen LogP contribution in [0.25, 0.3) is 16.3 Å². The van der Waals surface area contributed by atoms with Gasteiger partial charge in [-0.2, -0.15) is 0 Å². The third-order valence-corrected chi connectivity index (χ3v) is 5.32. The third-order valence-electron chi connectivity index (χ3n) is 5.10. The van der Waals surface area contributed by atoms with Gasteiger partial charge >= 0.3 is 0 Å². The number of halogens is 1. The van der Waals surface area contributed by atoms with Gasteiger partial charge < -0.3 is 10.2 Å². The highest BCUT2D eigenvalue weighted by Gasteiger charge is 2.34. The first-order valence-corrected chi connectivity index (χ1v) is 8.88. The monoisotopic (exact) mass is 353 g/mol. The summed E-state index contributed by atoms with van der Waals surface area (Å²) in [5.41, 5.74) is 2.75. The van der Waals surface area contributed by atoms with Crippen LogP contribution < -0.4 is 5.32 Å². The van der Waals surface area contributed by atoms with E-state index in [0.29, 0.717) is 10.7 Å². The maximum absolute atomic E-state index is 11.5. The molecule has 2 aromatic carbocycles. The number of hydrogen-bond donors (Lipinski definition) is 1. The van der Waals surface area contributed by atoms with Gasteiger partial charge in [0, 0.05) is 37.4 Å². The lowest BCUT2D eigenvalue weighted by atomic mass is 9.93. The maximum Gasteiger partial charge on any atom is 0.147 e. The number of carbonyl (C=O) groups excluding carboxylic acids is 1. The highest BCUT2D eigenvalue weighted by molar-refractivity contribution is 6.31. The van der Waals surface area contributed by atoms with Crippen LogP contribution in [0.5, 0.6) is 0 Å². The van der Waals surface area contributed by atoms with Crippen LogP contribution in [0.4, 0.5) is 0 Å². The molecule has 0 spiro atoms. The fourth-order valence-corrected chi connectivity index (χ4v) is 3.98. The average molecular weight is 354 g/mol. The summed E-state index contributed by atoms with van der Waals surface area (Å²) >= 11 is 6.37. The van der Waals surface area contributed by atoms with Gasteiger partial charge in [-0.25, -0.2) is 4.79 Å². The zero-order valence-electron chi connectivity index (χ0n) is 14.1. The first-order chi connectivity index (χ1) is 12.2. The molecule has 25 heavy (non-hydrogen) atoms. The van der Waals surface area contributed by atoms with Crippen LogP contribution in [0.3, 0.4) is 0 Å². The van der Waals surface area contributed by atoms with Crippen LogP contribution in [-0.4, -0.2) is 55.0 Å². The normalized spacial score (nSPS) is 21.9. The molecule has 2 aliphatic rings. The molecule has 2 heterocycles. The van der Waals surface area contributed by atoms with E-state index in [1.165, 1.54) is 0 Å². The van der Waals surface area contributed by atoms with Gasteiger partial charge in [0.1, 0.15) is 11.6 Å². The summed E-state index contributed by atoms with van der Waals surface area (Å²) in [6.45, 7) is 3.83. The number of fused-ring (bicyclic) bond motifs is 1. The lowest BCUT2D eigenvalue weighted by Crippen LogP contribution is -2.49. The van der Waals surface area contributed by atoms with E-state index in [-0.39, 0.29) is 6.04 Å². The molecule has 0 saturated carbocycles. The van der Waals surface area contributed by atoms with Gasteiger partial charge in [0.25, 0.3) is 0 Å². The van der Waals surface area contributed by atoms with E-state index in [2.05, 4.69) is 40.2 Å². The van der Waals surface area contributed by atoms with Crippen LogP contribution in [0.1, 0.15) is 5.56 Å². The van der Waals surface area contributed by atoms with Gasteiger partial charge in [0.15, 0.2) is 0 Å². The summed E-state index contributed by atoms with van der Waals surface area (Å²) in [5.74, 6) is 2.10. The second-order valence-electron chi connectivity index (χ2n) is 6.68. The minimum absolute atomic E-state index is 0.0897. The fourth-order valence-electron chi connectivity index (χ4n) is 3.75. The SMILES string of the molecule is CN1CCN(C2C(=C=O)NC=C2c2cc(Cl)cc3ccccc23)CC1. The van der Waals surface area contributed by atoms with Crippen LogP contribution in [0, 0.1) is 0 Å². The first-order valence-electron chi connectivity index (χ1n) is 8.50. The van der Waals surface area contributed by atoms with E-state index in [9.17, 15) is 4.79 Å². The molecule has 1 N–H and O–H groups in total. The smallest absolute Gasteiger partial charge is 0.147 e.